The monoisotopic (exact) mass is 1030 g/mol. The molecule has 8 aromatic rings. The minimum atomic E-state index is -3.93. The highest BCUT2D eigenvalue weighted by Gasteiger charge is 2.33. The van der Waals surface area contributed by atoms with Crippen LogP contribution in [0.25, 0.3) is 22.3 Å². The summed E-state index contributed by atoms with van der Waals surface area (Å²) in [6, 6.07) is 42.6. The third-order valence-electron chi connectivity index (χ3n) is 11.8. The second-order valence-electron chi connectivity index (χ2n) is 16.5. The van der Waals surface area contributed by atoms with E-state index in [0.717, 1.165) is 39.1 Å². The molecular formula is C55H45FN6O10S2. The van der Waals surface area contributed by atoms with Gasteiger partial charge in [-0.2, -0.15) is 0 Å². The molecule has 19 heteroatoms. The molecule has 0 saturated carbocycles. The maximum absolute atomic E-state index is 13.1. The van der Waals surface area contributed by atoms with Crippen LogP contribution in [-0.2, 0) is 44.1 Å². The molecule has 16 nitrogen and oxygen atoms in total. The SMILES string of the molecule is COCc1ccc(-c2ccc(CNC(=O)c3ccc4c(c3)NC(=O)c3ccccc3S4(=O)=O)cc2)cn1.O=C(NCc1ccc(-c2ccc(=O)[nH]c2)cc1)c1ccc2c(c1)NC(=O)c1ccccc1S2(=O)=O.[2H]CF. The number of hydrogen-bond donors (Lipinski definition) is 5. The van der Waals surface area contributed by atoms with Gasteiger partial charge in [0, 0.05) is 55.3 Å². The molecule has 0 atom stereocenters. The lowest BCUT2D eigenvalue weighted by Gasteiger charge is -2.11. The Bertz CT molecular complexity index is 3740. The fraction of sp³-hybridized carbons (Fsp3) is 0.0909. The molecule has 74 heavy (non-hydrogen) atoms. The number of aromatic amines is 1. The molecule has 0 spiro atoms. The zero-order valence-electron chi connectivity index (χ0n) is 40.2. The number of hydrogen-bond acceptors (Lipinski definition) is 11. The number of methoxy groups -OCH3 is 1. The number of amides is 4. The van der Waals surface area contributed by atoms with Crippen LogP contribution in [0.3, 0.4) is 0 Å². The zero-order valence-corrected chi connectivity index (χ0v) is 40.9. The lowest BCUT2D eigenvalue weighted by Crippen LogP contribution is -2.23. The number of rotatable bonds is 10. The van der Waals surface area contributed by atoms with Gasteiger partial charge in [-0.05, 0) is 101 Å². The molecule has 4 amide bonds. The van der Waals surface area contributed by atoms with Crippen molar-refractivity contribution >= 4 is 54.7 Å². The summed E-state index contributed by atoms with van der Waals surface area (Å²) in [7, 11) is -7.23. The van der Waals surface area contributed by atoms with Gasteiger partial charge >= 0.3 is 0 Å². The molecular weight excluding hydrogens is 988 g/mol. The lowest BCUT2D eigenvalue weighted by molar-refractivity contribution is 0.0943. The second kappa shape index (κ2) is 22.2. The highest BCUT2D eigenvalue weighted by molar-refractivity contribution is 7.92. The smallest absolute Gasteiger partial charge is 0.257 e. The number of ether oxygens (including phenoxy) is 1. The van der Waals surface area contributed by atoms with E-state index in [9.17, 15) is 45.2 Å². The Labute approximate surface area is 425 Å². The van der Waals surface area contributed by atoms with Gasteiger partial charge in [0.05, 0.1) is 62.9 Å². The zero-order chi connectivity index (χ0) is 53.3. The fourth-order valence-electron chi connectivity index (χ4n) is 8.02. The molecule has 10 rings (SSSR count). The van der Waals surface area contributed by atoms with Crippen molar-refractivity contribution in [2.45, 2.75) is 39.3 Å². The summed E-state index contributed by atoms with van der Waals surface area (Å²) in [6.07, 6.45) is 3.43. The van der Waals surface area contributed by atoms with Crippen molar-refractivity contribution in [1.82, 2.24) is 20.6 Å². The average molecular weight is 1030 g/mol. The number of alkyl halides is 1. The van der Waals surface area contributed by atoms with Crippen LogP contribution >= 0.6 is 0 Å². The topological polar surface area (TPSA) is 240 Å². The quantitative estimate of drug-likeness (QED) is 0.0875. The normalized spacial score (nSPS) is 13.5. The molecule has 374 valence electrons. The van der Waals surface area contributed by atoms with Gasteiger partial charge in [-0.25, -0.2) is 16.8 Å². The summed E-state index contributed by atoms with van der Waals surface area (Å²) in [5, 5.41) is 10.9. The summed E-state index contributed by atoms with van der Waals surface area (Å²) in [6.45, 7) is 0.980. The maximum Gasteiger partial charge on any atom is 0.257 e. The van der Waals surface area contributed by atoms with Crippen LogP contribution in [0.15, 0.2) is 194 Å². The Kier molecular flexibility index (Phi) is 15.0. The average Bonchev–Trinajstić information content (AvgIpc) is 3.57. The third kappa shape index (κ3) is 11.1. The number of nitrogens with zero attached hydrogens (tertiary/aromatic N) is 1. The van der Waals surface area contributed by atoms with Crippen molar-refractivity contribution in [3.05, 3.63) is 220 Å². The van der Waals surface area contributed by atoms with E-state index in [1.54, 1.807) is 49.8 Å². The number of nitrogens with one attached hydrogen (secondary N) is 5. The van der Waals surface area contributed by atoms with Gasteiger partial charge in [0.2, 0.25) is 25.2 Å². The van der Waals surface area contributed by atoms with E-state index >= 15 is 0 Å². The van der Waals surface area contributed by atoms with E-state index in [1.165, 1.54) is 66.7 Å². The van der Waals surface area contributed by atoms with E-state index in [1.807, 2.05) is 60.7 Å². The summed E-state index contributed by atoms with van der Waals surface area (Å²) in [5.41, 5.74) is 6.88. The van der Waals surface area contributed by atoms with E-state index in [2.05, 4.69) is 31.2 Å². The predicted octanol–water partition coefficient (Wildman–Crippen LogP) is 8.18. The third-order valence-corrected chi connectivity index (χ3v) is 15.5. The van der Waals surface area contributed by atoms with Crippen molar-refractivity contribution in [3.63, 3.8) is 0 Å². The Morgan fingerprint density at radius 1 is 0.581 bits per heavy atom. The highest BCUT2D eigenvalue weighted by atomic mass is 32.2. The molecule has 2 aromatic heterocycles. The van der Waals surface area contributed by atoms with Gasteiger partial charge in [-0.3, -0.25) is 33.3 Å². The second-order valence-corrected chi connectivity index (χ2v) is 20.3. The fourth-order valence-corrected chi connectivity index (χ4v) is 11.2. The number of sulfone groups is 2. The van der Waals surface area contributed by atoms with Gasteiger partial charge in [0.1, 0.15) is 0 Å². The van der Waals surface area contributed by atoms with Crippen molar-refractivity contribution in [3.8, 4) is 22.3 Å². The van der Waals surface area contributed by atoms with Crippen molar-refractivity contribution < 1.29 is 46.5 Å². The first-order valence-corrected chi connectivity index (χ1v) is 25.4. The van der Waals surface area contributed by atoms with Crippen LogP contribution in [0.4, 0.5) is 15.8 Å². The largest absolute Gasteiger partial charge is 0.378 e. The molecule has 2 aliphatic heterocycles. The van der Waals surface area contributed by atoms with Crippen LogP contribution in [0.1, 0.15) is 59.6 Å². The number of aromatic nitrogens is 2. The summed E-state index contributed by atoms with van der Waals surface area (Å²) in [5.74, 6) is -1.90. The molecule has 4 heterocycles. The number of anilines is 2. The van der Waals surface area contributed by atoms with Crippen LogP contribution in [0.5, 0.6) is 0 Å². The minimum Gasteiger partial charge on any atom is -0.378 e. The van der Waals surface area contributed by atoms with Crippen molar-refractivity contribution in [2.24, 2.45) is 0 Å². The van der Waals surface area contributed by atoms with Gasteiger partial charge in [0.25, 0.3) is 23.6 Å². The van der Waals surface area contributed by atoms with Gasteiger partial charge in [0.15, 0.2) is 0 Å². The number of carbonyl (C=O) groups excluding carboxylic acids is 4. The summed E-state index contributed by atoms with van der Waals surface area (Å²) >= 11 is 0. The number of fused-ring (bicyclic) bond motifs is 4. The van der Waals surface area contributed by atoms with Crippen molar-refractivity contribution in [2.75, 3.05) is 24.9 Å². The number of halogens is 1. The van der Waals surface area contributed by atoms with Crippen LogP contribution in [0, 0.1) is 0 Å². The molecule has 0 unspecified atom stereocenters. The first kappa shape index (κ1) is 50.0. The Hall–Kier alpha value is -8.91. The standard InChI is InChI=1S/C28H23N3O5S.C26H19N3O5S.CH3F/c1-36-17-22-12-10-21(16-29-22)19-8-6-18(7-9-19)15-30-27(32)20-11-13-26-24(14-20)31-28(33)23-4-2-3-5-25(23)37(26,34)35;30-24-12-10-19(15-27-24)17-7-5-16(6-8-17)14-28-25(31)18-9-11-23-21(13-18)29-26(32)20-3-1-2-4-22(20)35(23,33)34;1-2/h2-14,16H,15,17H2,1H3,(H,30,32)(H,31,33);1-13,15H,14H2,(H,27,30)(H,28,31)(H,29,32);1H3/i;;1D. The highest BCUT2D eigenvalue weighted by Crippen LogP contribution is 2.36. The molecule has 0 aliphatic carbocycles. The Morgan fingerprint density at radius 3 is 1.46 bits per heavy atom. The maximum atomic E-state index is 13.1. The number of benzene rings is 6. The minimum absolute atomic E-state index is 0.0531. The first-order valence-electron chi connectivity index (χ1n) is 23.1. The van der Waals surface area contributed by atoms with Crippen molar-refractivity contribution in [1.29, 1.82) is 0 Å². The van der Waals surface area contributed by atoms with Gasteiger partial charge in [-0.15, -0.1) is 0 Å². The molecule has 0 radical (unpaired) electrons. The number of carbonyl (C=O) groups is 4. The van der Waals surface area contributed by atoms with Crippen LogP contribution in [-0.4, -0.2) is 64.7 Å². The lowest BCUT2D eigenvalue weighted by atomic mass is 10.1. The number of pyridine rings is 2. The van der Waals surface area contributed by atoms with Crippen LogP contribution in [0.2, 0.25) is 0 Å². The Balaban J connectivity index is 0.000000190. The summed E-state index contributed by atoms with van der Waals surface area (Å²) in [4.78, 5) is 68.8. The Morgan fingerprint density at radius 2 is 1.03 bits per heavy atom. The predicted molar refractivity (Wildman–Crippen MR) is 275 cm³/mol. The molecule has 0 fully saturated rings. The van der Waals surface area contributed by atoms with Gasteiger partial charge < -0.3 is 31.0 Å². The molecule has 2 aliphatic rings. The molecule has 0 bridgehead atoms. The molecule has 0 saturated heterocycles. The van der Waals surface area contributed by atoms with Crippen LogP contribution < -0.4 is 26.8 Å². The first-order chi connectivity index (χ1) is 36.1. The molecule has 5 N–H and O–H groups in total. The van der Waals surface area contributed by atoms with Gasteiger partial charge in [-0.1, -0.05) is 78.9 Å². The molecule has 6 aromatic carbocycles. The van der Waals surface area contributed by atoms with E-state index in [-0.39, 0.29) is 71.9 Å². The van der Waals surface area contributed by atoms with E-state index in [4.69, 9.17) is 6.11 Å². The number of H-pyrrole nitrogens is 1. The summed E-state index contributed by atoms with van der Waals surface area (Å²) < 4.78 is 73.0. The van der Waals surface area contributed by atoms with E-state index in [0.29, 0.717) is 6.61 Å². The van der Waals surface area contributed by atoms with E-state index < -0.39 is 50.5 Å².